The molecule has 4 rings (SSSR count). The number of fused-ring (bicyclic) bond motifs is 1. The zero-order valence-electron chi connectivity index (χ0n) is 21.4. The molecule has 0 spiro atoms. The smallest absolute Gasteiger partial charge is 0.241 e. The van der Waals surface area contributed by atoms with Crippen molar-refractivity contribution in [2.24, 2.45) is 11.8 Å². The molecule has 1 fully saturated rings. The molecule has 0 aliphatic carbocycles. The maximum absolute atomic E-state index is 13.4. The summed E-state index contributed by atoms with van der Waals surface area (Å²) >= 11 is 0. The van der Waals surface area contributed by atoms with Gasteiger partial charge in [0, 0.05) is 31.7 Å². The quantitative estimate of drug-likeness (QED) is 0.585. The van der Waals surface area contributed by atoms with Gasteiger partial charge in [0.25, 0.3) is 0 Å². The molecule has 2 aliphatic heterocycles. The van der Waals surface area contributed by atoms with Crippen molar-refractivity contribution in [1.82, 2.24) is 9.62 Å². The van der Waals surface area contributed by atoms with Gasteiger partial charge in [0.05, 0.1) is 4.90 Å². The van der Waals surface area contributed by atoms with Crippen LogP contribution in [0.5, 0.6) is 0 Å². The lowest BCUT2D eigenvalue weighted by Gasteiger charge is -2.35. The first-order chi connectivity index (χ1) is 17.2. The lowest BCUT2D eigenvalue weighted by atomic mass is 9.89. The standard InChI is InChI=1S/C28H37N3O4S/c1-4-26(32)31-17-14-23-19-24(10-11-25(23)31)36(34,35)29-27(20(2)3)28(33)30-15-12-22(13-16-30)18-21-8-6-5-7-9-21/h5-11,19-20,22,27,29H,4,12-18H2,1-3H3. The van der Waals surface area contributed by atoms with E-state index in [1.165, 1.54) is 11.6 Å². The van der Waals surface area contributed by atoms with Crippen molar-refractivity contribution in [2.75, 3.05) is 24.5 Å². The Balaban J connectivity index is 1.41. The van der Waals surface area contributed by atoms with E-state index in [1.54, 1.807) is 17.0 Å². The van der Waals surface area contributed by atoms with Crippen molar-refractivity contribution in [3.8, 4) is 0 Å². The van der Waals surface area contributed by atoms with Gasteiger partial charge in [-0.15, -0.1) is 0 Å². The summed E-state index contributed by atoms with van der Waals surface area (Å²) in [6.07, 6.45) is 3.85. The summed E-state index contributed by atoms with van der Waals surface area (Å²) in [5.74, 6) is 0.200. The van der Waals surface area contributed by atoms with E-state index in [9.17, 15) is 18.0 Å². The molecular weight excluding hydrogens is 474 g/mol. The van der Waals surface area contributed by atoms with Crippen molar-refractivity contribution in [1.29, 1.82) is 0 Å². The van der Waals surface area contributed by atoms with E-state index in [1.807, 2.05) is 31.7 Å². The molecule has 2 amide bonds. The fraction of sp³-hybridized carbons (Fsp3) is 0.500. The number of likely N-dealkylation sites (tertiary alicyclic amines) is 1. The number of sulfonamides is 1. The summed E-state index contributed by atoms with van der Waals surface area (Å²) in [5, 5.41) is 0. The van der Waals surface area contributed by atoms with E-state index >= 15 is 0 Å². The Morgan fingerprint density at radius 1 is 1.03 bits per heavy atom. The van der Waals surface area contributed by atoms with Gasteiger partial charge >= 0.3 is 0 Å². The third-order valence-corrected chi connectivity index (χ3v) is 8.81. The molecule has 1 saturated heterocycles. The SMILES string of the molecule is CCC(=O)N1CCc2cc(S(=O)(=O)NC(C(=O)N3CCC(Cc4ccccc4)CC3)C(C)C)ccc21. The van der Waals surface area contributed by atoms with Gasteiger partial charge in [-0.2, -0.15) is 4.72 Å². The van der Waals surface area contributed by atoms with Crippen LogP contribution in [0.3, 0.4) is 0 Å². The minimum atomic E-state index is -3.91. The van der Waals surface area contributed by atoms with Gasteiger partial charge < -0.3 is 9.80 Å². The van der Waals surface area contributed by atoms with Crippen LogP contribution < -0.4 is 9.62 Å². The van der Waals surface area contributed by atoms with E-state index in [4.69, 9.17) is 0 Å². The number of hydrogen-bond acceptors (Lipinski definition) is 4. The number of piperidine rings is 1. The van der Waals surface area contributed by atoms with E-state index in [0.717, 1.165) is 30.5 Å². The summed E-state index contributed by atoms with van der Waals surface area (Å²) in [7, 11) is -3.91. The number of anilines is 1. The van der Waals surface area contributed by atoms with Crippen LogP contribution in [-0.2, 0) is 32.5 Å². The Kier molecular flexibility index (Phi) is 8.15. The van der Waals surface area contributed by atoms with Crippen molar-refractivity contribution in [3.05, 3.63) is 59.7 Å². The number of benzene rings is 2. The summed E-state index contributed by atoms with van der Waals surface area (Å²) in [6.45, 7) is 7.39. The highest BCUT2D eigenvalue weighted by Crippen LogP contribution is 2.31. The maximum Gasteiger partial charge on any atom is 0.241 e. The number of carbonyl (C=O) groups excluding carboxylic acids is 2. The second-order valence-electron chi connectivity index (χ2n) is 10.2. The summed E-state index contributed by atoms with van der Waals surface area (Å²) < 4.78 is 29.3. The number of nitrogens with zero attached hydrogens (tertiary/aromatic N) is 2. The molecule has 0 saturated carbocycles. The predicted molar refractivity (Wildman–Crippen MR) is 141 cm³/mol. The fourth-order valence-electron chi connectivity index (χ4n) is 5.20. The predicted octanol–water partition coefficient (Wildman–Crippen LogP) is 3.77. The molecule has 2 aromatic rings. The molecule has 2 aromatic carbocycles. The van der Waals surface area contributed by atoms with Crippen LogP contribution in [0.25, 0.3) is 0 Å². The van der Waals surface area contributed by atoms with E-state index in [0.29, 0.717) is 38.4 Å². The van der Waals surface area contributed by atoms with Crippen LogP contribution in [0.1, 0.15) is 51.2 Å². The fourth-order valence-corrected chi connectivity index (χ4v) is 6.59. The Morgan fingerprint density at radius 3 is 2.36 bits per heavy atom. The molecule has 1 N–H and O–H groups in total. The Bertz CT molecular complexity index is 1190. The third kappa shape index (κ3) is 5.81. The van der Waals surface area contributed by atoms with E-state index in [2.05, 4.69) is 29.0 Å². The first-order valence-electron chi connectivity index (χ1n) is 13.0. The third-order valence-electron chi connectivity index (χ3n) is 7.37. The lowest BCUT2D eigenvalue weighted by molar-refractivity contribution is -0.135. The summed E-state index contributed by atoms with van der Waals surface area (Å²) in [4.78, 5) is 29.2. The van der Waals surface area contributed by atoms with Crippen LogP contribution >= 0.6 is 0 Å². The maximum atomic E-state index is 13.4. The van der Waals surface area contributed by atoms with Crippen LogP contribution in [0.4, 0.5) is 5.69 Å². The van der Waals surface area contributed by atoms with Crippen molar-refractivity contribution < 1.29 is 18.0 Å². The van der Waals surface area contributed by atoms with Gasteiger partial charge in [0.2, 0.25) is 21.8 Å². The first kappa shape index (κ1) is 26.4. The van der Waals surface area contributed by atoms with E-state index < -0.39 is 16.1 Å². The largest absolute Gasteiger partial charge is 0.341 e. The number of hydrogen-bond donors (Lipinski definition) is 1. The zero-order valence-corrected chi connectivity index (χ0v) is 22.3. The van der Waals surface area contributed by atoms with Crippen LogP contribution in [0, 0.1) is 11.8 Å². The van der Waals surface area contributed by atoms with Gasteiger partial charge in [-0.25, -0.2) is 8.42 Å². The van der Waals surface area contributed by atoms with Gasteiger partial charge in [-0.3, -0.25) is 9.59 Å². The van der Waals surface area contributed by atoms with Crippen molar-refractivity contribution in [3.63, 3.8) is 0 Å². The molecule has 2 heterocycles. The minimum Gasteiger partial charge on any atom is -0.341 e. The van der Waals surface area contributed by atoms with Gasteiger partial charge in [0.1, 0.15) is 6.04 Å². The number of carbonyl (C=O) groups is 2. The average molecular weight is 512 g/mol. The van der Waals surface area contributed by atoms with Gasteiger partial charge in [-0.05, 0) is 66.8 Å². The van der Waals surface area contributed by atoms with Crippen LogP contribution in [-0.4, -0.2) is 50.8 Å². The minimum absolute atomic E-state index is 0.0282. The number of rotatable bonds is 8. The monoisotopic (exact) mass is 511 g/mol. The zero-order chi connectivity index (χ0) is 25.9. The summed E-state index contributed by atoms with van der Waals surface area (Å²) in [5.41, 5.74) is 2.93. The molecule has 0 radical (unpaired) electrons. The Hall–Kier alpha value is -2.71. The number of amides is 2. The molecule has 7 nitrogen and oxygen atoms in total. The van der Waals surface area contributed by atoms with Crippen LogP contribution in [0.15, 0.2) is 53.4 Å². The second-order valence-corrected chi connectivity index (χ2v) is 12.0. The Morgan fingerprint density at radius 2 is 1.72 bits per heavy atom. The van der Waals surface area contributed by atoms with Crippen molar-refractivity contribution >= 4 is 27.5 Å². The highest BCUT2D eigenvalue weighted by molar-refractivity contribution is 7.89. The molecule has 194 valence electrons. The molecule has 0 bridgehead atoms. The topological polar surface area (TPSA) is 86.8 Å². The molecule has 1 atom stereocenters. The van der Waals surface area contributed by atoms with Crippen LogP contribution in [0.2, 0.25) is 0 Å². The molecular formula is C28H37N3O4S. The highest BCUT2D eigenvalue weighted by atomic mass is 32.2. The highest BCUT2D eigenvalue weighted by Gasteiger charge is 2.34. The average Bonchev–Trinajstić information content (AvgIpc) is 3.31. The second kappa shape index (κ2) is 11.1. The normalized spacial score (nSPS) is 17.3. The van der Waals surface area contributed by atoms with Gasteiger partial charge in [-0.1, -0.05) is 51.1 Å². The lowest BCUT2D eigenvalue weighted by Crippen LogP contribution is -2.53. The number of nitrogens with one attached hydrogen (secondary N) is 1. The van der Waals surface area contributed by atoms with E-state index in [-0.39, 0.29) is 22.6 Å². The molecule has 36 heavy (non-hydrogen) atoms. The Labute approximate surface area is 214 Å². The first-order valence-corrected chi connectivity index (χ1v) is 14.5. The molecule has 0 aromatic heterocycles. The molecule has 8 heteroatoms. The summed E-state index contributed by atoms with van der Waals surface area (Å²) in [6, 6.07) is 14.4. The van der Waals surface area contributed by atoms with Gasteiger partial charge in [0.15, 0.2) is 0 Å². The molecule has 2 aliphatic rings. The van der Waals surface area contributed by atoms with Crippen molar-refractivity contribution in [2.45, 2.75) is 63.8 Å². The molecule has 1 unspecified atom stereocenters.